The molecule has 4 aromatic carbocycles. The van der Waals surface area contributed by atoms with Gasteiger partial charge >= 0.3 is 0 Å². The normalized spacial score (nSPS) is 17.6. The molecule has 1 atom stereocenters. The van der Waals surface area contributed by atoms with Crippen LogP contribution in [0.3, 0.4) is 0 Å². The molecular formula is C47H45ClFN7O7S. The second-order valence-corrected chi connectivity index (χ2v) is 19.2. The lowest BCUT2D eigenvalue weighted by atomic mass is 9.72. The van der Waals surface area contributed by atoms with Crippen LogP contribution >= 0.6 is 11.6 Å². The molecule has 2 aliphatic heterocycles. The van der Waals surface area contributed by atoms with Crippen molar-refractivity contribution in [3.05, 3.63) is 147 Å². The first-order chi connectivity index (χ1) is 30.7. The molecule has 64 heavy (non-hydrogen) atoms. The standard InChI is InChI=1S/C47H45ClFN7O7S/c1-47(2)15-13-32(39(25-47)29-3-7-33(48)8-4-29)27-54-17-19-55(20-18-54)35-11-12-38(42(22-35)63-36-21-31-14-16-50-45(31)51-26-36)46(57)53-64(60,61)37-23-41(56(58)59)44-43(24-37)62-28-40(52-44)30-5-9-34(49)10-6-30/h3-12,14,16,21-24,26,40,52H,13,15,17-20,25,27-28H2,1-2H3,(H,50,51)(H,53,57)/t40-/m0/s1. The monoisotopic (exact) mass is 905 g/mol. The number of hydrogen-bond acceptors (Lipinski definition) is 11. The highest BCUT2D eigenvalue weighted by molar-refractivity contribution is 7.90. The van der Waals surface area contributed by atoms with Crippen LogP contribution in [0.2, 0.25) is 5.02 Å². The number of halogens is 2. The van der Waals surface area contributed by atoms with Crippen molar-refractivity contribution in [3.63, 3.8) is 0 Å². The zero-order valence-electron chi connectivity index (χ0n) is 35.1. The van der Waals surface area contributed by atoms with E-state index < -0.39 is 43.3 Å². The van der Waals surface area contributed by atoms with Gasteiger partial charge in [0.2, 0.25) is 0 Å². The van der Waals surface area contributed by atoms with Crippen LogP contribution in [-0.2, 0) is 10.0 Å². The maximum absolute atomic E-state index is 14.0. The van der Waals surface area contributed by atoms with Gasteiger partial charge in [-0.05, 0) is 89.9 Å². The number of carbonyl (C=O) groups excluding carboxylic acids is 1. The molecule has 17 heteroatoms. The minimum atomic E-state index is -4.71. The Morgan fingerprint density at radius 3 is 2.55 bits per heavy atom. The van der Waals surface area contributed by atoms with E-state index >= 15 is 0 Å². The summed E-state index contributed by atoms with van der Waals surface area (Å²) in [5, 5.41) is 16.8. The number of anilines is 2. The fourth-order valence-electron chi connectivity index (χ4n) is 8.61. The van der Waals surface area contributed by atoms with Gasteiger partial charge in [0, 0.05) is 73.2 Å². The molecule has 1 aliphatic carbocycles. The molecule has 2 aromatic heterocycles. The van der Waals surface area contributed by atoms with Gasteiger partial charge in [0.15, 0.2) is 11.4 Å². The number of nitrogens with one attached hydrogen (secondary N) is 3. The van der Waals surface area contributed by atoms with Gasteiger partial charge in [0.05, 0.1) is 27.6 Å². The van der Waals surface area contributed by atoms with Crippen LogP contribution < -0.4 is 24.4 Å². The summed E-state index contributed by atoms with van der Waals surface area (Å²) in [6, 6.07) is 23.7. The van der Waals surface area contributed by atoms with E-state index in [1.165, 1.54) is 53.2 Å². The lowest BCUT2D eigenvalue weighted by Gasteiger charge is -2.39. The maximum Gasteiger partial charge on any atom is 0.297 e. The number of amides is 1. The molecule has 3 N–H and O–H groups in total. The summed E-state index contributed by atoms with van der Waals surface area (Å²) >= 11 is 6.24. The third-order valence-electron chi connectivity index (χ3n) is 12.1. The number of piperazine rings is 1. The molecule has 9 rings (SSSR count). The Morgan fingerprint density at radius 2 is 1.80 bits per heavy atom. The highest BCUT2D eigenvalue weighted by Crippen LogP contribution is 2.45. The fraction of sp³-hybridized carbons (Fsp3) is 0.277. The Bertz CT molecular complexity index is 2920. The van der Waals surface area contributed by atoms with Gasteiger partial charge in [-0.3, -0.25) is 19.8 Å². The molecular weight excluding hydrogens is 861 g/mol. The Morgan fingerprint density at radius 1 is 1.03 bits per heavy atom. The maximum atomic E-state index is 14.0. The lowest BCUT2D eigenvalue weighted by Crippen LogP contribution is -2.47. The summed E-state index contributed by atoms with van der Waals surface area (Å²) in [6.45, 7) is 8.47. The van der Waals surface area contributed by atoms with Crippen LogP contribution in [0.15, 0.2) is 114 Å². The smallest absolute Gasteiger partial charge is 0.297 e. The Hall–Kier alpha value is -6.49. The van der Waals surface area contributed by atoms with E-state index in [1.54, 1.807) is 24.4 Å². The van der Waals surface area contributed by atoms with E-state index in [9.17, 15) is 27.7 Å². The Kier molecular flexibility index (Phi) is 11.5. The van der Waals surface area contributed by atoms with Crippen molar-refractivity contribution in [2.45, 2.75) is 44.0 Å². The molecule has 3 aliphatic rings. The van der Waals surface area contributed by atoms with E-state index in [4.69, 9.17) is 21.1 Å². The summed E-state index contributed by atoms with van der Waals surface area (Å²) in [5.41, 5.74) is 5.58. The molecule has 0 unspecified atom stereocenters. The molecule has 6 aromatic rings. The number of benzene rings is 4. The lowest BCUT2D eigenvalue weighted by molar-refractivity contribution is -0.384. The largest absolute Gasteiger partial charge is 0.489 e. The van der Waals surface area contributed by atoms with E-state index in [0.29, 0.717) is 30.0 Å². The number of nitro groups is 1. The number of nitrogens with zero attached hydrogens (tertiary/aromatic N) is 4. The number of fused-ring (bicyclic) bond motifs is 2. The van der Waals surface area contributed by atoms with Gasteiger partial charge in [-0.1, -0.05) is 55.3 Å². The predicted molar refractivity (Wildman–Crippen MR) is 243 cm³/mol. The summed E-state index contributed by atoms with van der Waals surface area (Å²) in [6.07, 6.45) is 6.40. The molecule has 1 saturated heterocycles. The number of rotatable bonds is 11. The van der Waals surface area contributed by atoms with Gasteiger partial charge < -0.3 is 24.7 Å². The number of aromatic nitrogens is 2. The van der Waals surface area contributed by atoms with Crippen molar-refractivity contribution in [1.82, 2.24) is 19.6 Å². The molecule has 330 valence electrons. The summed E-state index contributed by atoms with van der Waals surface area (Å²) in [7, 11) is -4.71. The summed E-state index contributed by atoms with van der Waals surface area (Å²) in [5.74, 6) is -1.15. The molecule has 0 spiro atoms. The molecule has 4 heterocycles. The number of H-pyrrole nitrogens is 1. The first-order valence-electron chi connectivity index (χ1n) is 20.9. The molecule has 1 fully saturated rings. The molecule has 0 radical (unpaired) electrons. The molecule has 0 bridgehead atoms. The van der Waals surface area contributed by atoms with Gasteiger partial charge in [-0.15, -0.1) is 0 Å². The Labute approximate surface area is 374 Å². The fourth-order valence-corrected chi connectivity index (χ4v) is 9.74. The topological polar surface area (TPSA) is 172 Å². The van der Waals surface area contributed by atoms with Crippen molar-refractivity contribution in [2.75, 3.05) is 49.5 Å². The zero-order chi connectivity index (χ0) is 44.8. The van der Waals surface area contributed by atoms with Crippen molar-refractivity contribution in [3.8, 4) is 17.2 Å². The van der Waals surface area contributed by atoms with Crippen molar-refractivity contribution in [1.29, 1.82) is 0 Å². The molecule has 14 nitrogen and oxygen atoms in total. The van der Waals surface area contributed by atoms with Crippen LogP contribution in [0.1, 0.15) is 60.6 Å². The highest BCUT2D eigenvalue weighted by Gasteiger charge is 2.33. The minimum Gasteiger partial charge on any atom is -0.489 e. The van der Waals surface area contributed by atoms with Crippen molar-refractivity contribution >= 4 is 61.2 Å². The van der Waals surface area contributed by atoms with E-state index in [-0.39, 0.29) is 34.8 Å². The number of carbonyl (C=O) groups is 1. The van der Waals surface area contributed by atoms with Crippen LogP contribution in [0.25, 0.3) is 16.6 Å². The summed E-state index contributed by atoms with van der Waals surface area (Å²) < 4.78 is 55.5. The van der Waals surface area contributed by atoms with Crippen LogP contribution in [0.5, 0.6) is 17.2 Å². The van der Waals surface area contributed by atoms with Crippen molar-refractivity contribution < 1.29 is 32.0 Å². The highest BCUT2D eigenvalue weighted by atomic mass is 35.5. The minimum absolute atomic E-state index is 0.0288. The van der Waals surface area contributed by atoms with Crippen LogP contribution in [0.4, 0.5) is 21.5 Å². The van der Waals surface area contributed by atoms with E-state index in [2.05, 4.69) is 55.8 Å². The predicted octanol–water partition coefficient (Wildman–Crippen LogP) is 9.51. The first kappa shape index (κ1) is 42.8. The average molecular weight is 906 g/mol. The van der Waals surface area contributed by atoms with E-state index in [1.807, 2.05) is 18.2 Å². The number of aromatic amines is 1. The third-order valence-corrected chi connectivity index (χ3v) is 13.7. The number of pyridine rings is 1. The Balaban J connectivity index is 0.953. The zero-order valence-corrected chi connectivity index (χ0v) is 36.6. The van der Waals surface area contributed by atoms with Crippen molar-refractivity contribution in [2.24, 2.45) is 5.41 Å². The van der Waals surface area contributed by atoms with Crippen LogP contribution in [-0.4, -0.2) is 73.4 Å². The van der Waals surface area contributed by atoms with Gasteiger partial charge in [-0.2, -0.15) is 0 Å². The number of ether oxygens (including phenoxy) is 2. The average Bonchev–Trinajstić information content (AvgIpc) is 3.75. The third kappa shape index (κ3) is 9.12. The number of sulfonamides is 1. The summed E-state index contributed by atoms with van der Waals surface area (Å²) in [4.78, 5) is 37.1. The number of hydrogen-bond donors (Lipinski definition) is 3. The van der Waals surface area contributed by atoms with E-state index in [0.717, 1.165) is 67.1 Å². The van der Waals surface area contributed by atoms with Gasteiger partial charge in [0.1, 0.15) is 29.6 Å². The van der Waals surface area contributed by atoms with Gasteiger partial charge in [-0.25, -0.2) is 22.5 Å². The second-order valence-electron chi connectivity index (χ2n) is 17.1. The SMILES string of the molecule is CC1(C)CCC(CN2CCN(c3ccc(C(=O)NS(=O)(=O)c4cc5c(c([N+](=O)[O-])c4)N[C@H](c4ccc(F)cc4)CO5)c(Oc4cnc5[nH]ccc5c4)c3)CC2)=C(c2ccc(Cl)cc2)C1. The van der Waals surface area contributed by atoms with Crippen LogP contribution in [0, 0.1) is 21.3 Å². The number of allylic oxidation sites excluding steroid dienone is 1. The first-order valence-corrected chi connectivity index (χ1v) is 22.8. The number of nitro benzene ring substituents is 1. The molecule has 0 saturated carbocycles. The van der Waals surface area contributed by atoms with Gasteiger partial charge in [0.25, 0.3) is 21.6 Å². The second kappa shape index (κ2) is 17.2. The molecule has 1 amide bonds. The quantitative estimate of drug-likeness (QED) is 0.0835.